The number of unbranched alkanes of at least 4 members (excludes halogenated alkanes) is 3. The van der Waals surface area contributed by atoms with Gasteiger partial charge in [0.15, 0.2) is 0 Å². The third kappa shape index (κ3) is 3.09. The number of aliphatic hydroxyl groups is 2. The molecule has 0 amide bonds. The van der Waals surface area contributed by atoms with Crippen LogP contribution in [0, 0.1) is 0 Å². The Kier molecular flexibility index (Phi) is 4.20. The lowest BCUT2D eigenvalue weighted by Gasteiger charge is -2.22. The molecule has 1 saturated heterocycles. The second kappa shape index (κ2) is 4.89. The van der Waals surface area contributed by atoms with Crippen LogP contribution in [0.15, 0.2) is 0 Å². The average molecular weight is 242 g/mol. The van der Waals surface area contributed by atoms with E-state index in [1.165, 1.54) is 0 Å². The van der Waals surface area contributed by atoms with Crippen molar-refractivity contribution >= 4 is 0 Å². The van der Waals surface area contributed by atoms with Crippen molar-refractivity contribution in [3.05, 3.63) is 0 Å². The summed E-state index contributed by atoms with van der Waals surface area (Å²) in [6, 6.07) is 0. The molecule has 3 nitrogen and oxygen atoms in total. The average Bonchev–Trinajstić information content (AvgIpc) is 2.90. The summed E-state index contributed by atoms with van der Waals surface area (Å²) >= 11 is 0. The van der Waals surface area contributed by atoms with E-state index in [4.69, 9.17) is 10.2 Å². The molecule has 2 N–H and O–H groups in total. The molecule has 1 heterocycles. The number of ether oxygens (including phenoxy) is 1. The lowest BCUT2D eigenvalue weighted by atomic mass is 10.0. The van der Waals surface area contributed by atoms with Crippen LogP contribution in [0.3, 0.4) is 0 Å². The molecule has 0 saturated carbocycles. The van der Waals surface area contributed by atoms with E-state index >= 15 is 0 Å². The highest BCUT2D eigenvalue weighted by molar-refractivity contribution is 4.98. The molecular formula is C10H17F3O3. The van der Waals surface area contributed by atoms with Gasteiger partial charge in [0.05, 0.1) is 6.10 Å². The van der Waals surface area contributed by atoms with Crippen LogP contribution in [0.2, 0.25) is 0 Å². The van der Waals surface area contributed by atoms with Crippen LogP contribution in [-0.4, -0.2) is 34.4 Å². The Labute approximate surface area is 92.2 Å². The molecule has 96 valence electrons. The summed E-state index contributed by atoms with van der Waals surface area (Å²) in [6.07, 6.45) is -3.05. The van der Waals surface area contributed by atoms with Crippen LogP contribution in [0.4, 0.5) is 13.2 Å². The third-order valence-electron chi connectivity index (χ3n) is 2.74. The summed E-state index contributed by atoms with van der Waals surface area (Å²) in [4.78, 5) is 0. The zero-order chi connectivity index (χ0) is 12.4. The van der Waals surface area contributed by atoms with Gasteiger partial charge in [0.2, 0.25) is 0 Å². The molecule has 2 atom stereocenters. The van der Waals surface area contributed by atoms with E-state index in [-0.39, 0.29) is 0 Å². The first-order valence-corrected chi connectivity index (χ1v) is 5.47. The van der Waals surface area contributed by atoms with Gasteiger partial charge in [-0.15, -0.1) is 0 Å². The minimum Gasteiger partial charge on any atom is -0.363 e. The predicted octanol–water partition coefficient (Wildman–Crippen LogP) is 1.97. The van der Waals surface area contributed by atoms with Crippen LogP contribution >= 0.6 is 0 Å². The number of hydrogen-bond donors (Lipinski definition) is 2. The zero-order valence-corrected chi connectivity index (χ0v) is 9.13. The molecule has 1 aliphatic rings. The fourth-order valence-electron chi connectivity index (χ4n) is 1.65. The molecule has 1 aliphatic heterocycles. The maximum Gasteiger partial charge on any atom is 0.445 e. The van der Waals surface area contributed by atoms with Gasteiger partial charge >= 0.3 is 6.18 Å². The van der Waals surface area contributed by atoms with Gasteiger partial charge in [-0.25, -0.2) is 0 Å². The molecule has 0 aromatic heterocycles. The number of halogens is 3. The fourth-order valence-corrected chi connectivity index (χ4v) is 1.65. The summed E-state index contributed by atoms with van der Waals surface area (Å²) in [5.74, 6) is -3.71. The molecule has 0 spiro atoms. The van der Waals surface area contributed by atoms with Crippen LogP contribution in [-0.2, 0) is 4.74 Å². The third-order valence-corrected chi connectivity index (χ3v) is 2.74. The van der Waals surface area contributed by atoms with Gasteiger partial charge < -0.3 is 14.9 Å². The van der Waals surface area contributed by atoms with Crippen molar-refractivity contribution in [1.82, 2.24) is 0 Å². The second-order valence-electron chi connectivity index (χ2n) is 4.17. The predicted molar refractivity (Wildman–Crippen MR) is 50.6 cm³/mol. The first-order valence-electron chi connectivity index (χ1n) is 5.47. The Morgan fingerprint density at radius 3 is 2.25 bits per heavy atom. The van der Waals surface area contributed by atoms with E-state index in [1.807, 2.05) is 6.92 Å². The molecule has 0 aliphatic carbocycles. The van der Waals surface area contributed by atoms with Gasteiger partial charge in [-0.3, -0.25) is 0 Å². The summed E-state index contributed by atoms with van der Waals surface area (Å²) in [6.45, 7) is 2.03. The zero-order valence-electron chi connectivity index (χ0n) is 9.13. The molecule has 0 aromatic rings. The summed E-state index contributed by atoms with van der Waals surface area (Å²) in [5.41, 5.74) is 0. The van der Waals surface area contributed by atoms with Gasteiger partial charge in [0.25, 0.3) is 5.79 Å². The van der Waals surface area contributed by atoms with E-state index < -0.39 is 24.2 Å². The highest BCUT2D eigenvalue weighted by Crippen LogP contribution is 2.43. The van der Waals surface area contributed by atoms with Crippen molar-refractivity contribution in [2.24, 2.45) is 0 Å². The summed E-state index contributed by atoms with van der Waals surface area (Å²) < 4.78 is 41.1. The van der Waals surface area contributed by atoms with Crippen molar-refractivity contribution < 1.29 is 28.1 Å². The molecule has 1 fully saturated rings. The normalized spacial score (nSPS) is 25.9. The Morgan fingerprint density at radius 1 is 1.12 bits per heavy atom. The maximum atomic E-state index is 12.2. The lowest BCUT2D eigenvalue weighted by Crippen LogP contribution is -2.50. The first-order chi connectivity index (χ1) is 7.30. The van der Waals surface area contributed by atoms with Crippen LogP contribution < -0.4 is 0 Å². The Balaban J connectivity index is 2.28. The number of epoxide rings is 1. The van der Waals surface area contributed by atoms with Gasteiger partial charge in [-0.05, 0) is 6.42 Å². The topological polar surface area (TPSA) is 53.0 Å². The van der Waals surface area contributed by atoms with Crippen molar-refractivity contribution in [3.8, 4) is 0 Å². The minimum absolute atomic E-state index is 0.448. The van der Waals surface area contributed by atoms with Crippen molar-refractivity contribution in [2.75, 3.05) is 0 Å². The monoisotopic (exact) mass is 242 g/mol. The molecule has 0 radical (unpaired) electrons. The highest BCUT2D eigenvalue weighted by atomic mass is 19.4. The Bertz CT molecular complexity index is 228. The van der Waals surface area contributed by atoms with Crippen LogP contribution in [0.25, 0.3) is 0 Å². The fraction of sp³-hybridized carbons (Fsp3) is 1.00. The molecule has 16 heavy (non-hydrogen) atoms. The molecule has 1 rings (SSSR count). The summed E-state index contributed by atoms with van der Waals surface area (Å²) in [5, 5.41) is 17.7. The Morgan fingerprint density at radius 2 is 1.75 bits per heavy atom. The maximum absolute atomic E-state index is 12.2. The minimum atomic E-state index is -5.06. The lowest BCUT2D eigenvalue weighted by molar-refractivity contribution is -0.355. The quantitative estimate of drug-likeness (QED) is 0.425. The van der Waals surface area contributed by atoms with Crippen molar-refractivity contribution in [1.29, 1.82) is 0 Å². The highest BCUT2D eigenvalue weighted by Gasteiger charge is 2.67. The summed E-state index contributed by atoms with van der Waals surface area (Å²) in [7, 11) is 0. The Hall–Kier alpha value is -0.330. The first kappa shape index (κ1) is 13.7. The van der Waals surface area contributed by atoms with Crippen LogP contribution in [0.5, 0.6) is 0 Å². The van der Waals surface area contributed by atoms with E-state index in [1.54, 1.807) is 0 Å². The second-order valence-corrected chi connectivity index (χ2v) is 4.17. The van der Waals surface area contributed by atoms with E-state index in [0.717, 1.165) is 25.7 Å². The van der Waals surface area contributed by atoms with Crippen molar-refractivity contribution in [3.63, 3.8) is 0 Å². The molecule has 0 aromatic carbocycles. The number of alkyl halides is 3. The number of rotatable bonds is 6. The number of hydrogen-bond acceptors (Lipinski definition) is 3. The smallest absolute Gasteiger partial charge is 0.363 e. The van der Waals surface area contributed by atoms with Crippen molar-refractivity contribution in [2.45, 2.75) is 63.2 Å². The van der Waals surface area contributed by atoms with E-state index in [9.17, 15) is 13.2 Å². The van der Waals surface area contributed by atoms with Crippen LogP contribution in [0.1, 0.15) is 39.0 Å². The largest absolute Gasteiger partial charge is 0.445 e. The van der Waals surface area contributed by atoms with Gasteiger partial charge in [0.1, 0.15) is 6.10 Å². The van der Waals surface area contributed by atoms with Gasteiger partial charge in [-0.2, -0.15) is 13.2 Å². The van der Waals surface area contributed by atoms with Gasteiger partial charge in [0, 0.05) is 0 Å². The molecule has 0 bridgehead atoms. The van der Waals surface area contributed by atoms with E-state index in [2.05, 4.69) is 4.74 Å². The molecule has 0 unspecified atom stereocenters. The molecule has 6 heteroatoms. The van der Waals surface area contributed by atoms with Gasteiger partial charge in [-0.1, -0.05) is 32.6 Å². The molecular weight excluding hydrogens is 225 g/mol. The van der Waals surface area contributed by atoms with E-state index in [0.29, 0.717) is 6.42 Å². The SMILES string of the molecule is CCCCCC[C@H]1O[C@@H]1C(O)(O)C(F)(F)F. The standard InChI is InChI=1S/C10H17F3O3/c1-2-3-4-5-6-7-8(16-7)9(14,15)10(11,12)13/h7-8,14-15H,2-6H2,1H3/t7-,8+/m1/s1.